The van der Waals surface area contributed by atoms with Gasteiger partial charge in [0.15, 0.2) is 15.6 Å². The Morgan fingerprint density at radius 3 is 2.40 bits per heavy atom. The molecule has 110 valence electrons. The molecule has 0 aromatic heterocycles. The van der Waals surface area contributed by atoms with Crippen LogP contribution in [0.4, 0.5) is 0 Å². The average molecular weight is 298 g/mol. The minimum Gasteiger partial charge on any atom is -0.497 e. The van der Waals surface area contributed by atoms with Crippen LogP contribution in [-0.4, -0.2) is 45.5 Å². The second kappa shape index (κ2) is 6.37. The van der Waals surface area contributed by atoms with Gasteiger partial charge in [0.2, 0.25) is 0 Å². The summed E-state index contributed by atoms with van der Waals surface area (Å²) in [5.74, 6) is -0.183. The Morgan fingerprint density at radius 1 is 1.25 bits per heavy atom. The topological polar surface area (TPSA) is 69.7 Å². The number of carbonyl (C=O) groups excluding carboxylic acids is 1. The lowest BCUT2D eigenvalue weighted by Gasteiger charge is -2.21. The second-order valence-corrected chi connectivity index (χ2v) is 7.05. The third-order valence-corrected chi connectivity index (χ3v) is 5.57. The van der Waals surface area contributed by atoms with Gasteiger partial charge in [-0.05, 0) is 37.1 Å². The number of hydrogen-bond acceptors (Lipinski definition) is 5. The largest absolute Gasteiger partial charge is 0.497 e. The summed E-state index contributed by atoms with van der Waals surface area (Å²) < 4.78 is 34.5. The molecule has 0 atom stereocenters. The fraction of sp³-hybridized carbons (Fsp3) is 0.500. The molecule has 0 amide bonds. The molecule has 20 heavy (non-hydrogen) atoms. The SMILES string of the molecule is COc1ccc(C(=O)CS(=O)(=O)C2CCOCC2)cc1. The summed E-state index contributed by atoms with van der Waals surface area (Å²) in [6, 6.07) is 6.46. The molecule has 2 rings (SSSR count). The zero-order valence-corrected chi connectivity index (χ0v) is 12.2. The van der Waals surface area contributed by atoms with Gasteiger partial charge in [0, 0.05) is 18.8 Å². The van der Waals surface area contributed by atoms with Crippen LogP contribution in [0, 0.1) is 0 Å². The summed E-state index contributed by atoms with van der Waals surface area (Å²) in [5, 5.41) is -0.460. The van der Waals surface area contributed by atoms with Crippen LogP contribution >= 0.6 is 0 Å². The van der Waals surface area contributed by atoms with Crippen LogP contribution in [0.1, 0.15) is 23.2 Å². The van der Waals surface area contributed by atoms with Crippen molar-refractivity contribution in [2.45, 2.75) is 18.1 Å². The first kappa shape index (κ1) is 15.0. The van der Waals surface area contributed by atoms with E-state index in [1.807, 2.05) is 0 Å². The van der Waals surface area contributed by atoms with E-state index >= 15 is 0 Å². The third kappa shape index (κ3) is 3.58. The maximum atomic E-state index is 12.2. The molecule has 1 aliphatic rings. The van der Waals surface area contributed by atoms with Gasteiger partial charge in [0.05, 0.1) is 12.4 Å². The van der Waals surface area contributed by atoms with Gasteiger partial charge in [-0.3, -0.25) is 4.79 Å². The van der Waals surface area contributed by atoms with Crippen molar-refractivity contribution in [3.63, 3.8) is 0 Å². The van der Waals surface area contributed by atoms with Crippen LogP contribution in [0.3, 0.4) is 0 Å². The molecular weight excluding hydrogens is 280 g/mol. The summed E-state index contributed by atoms with van der Waals surface area (Å²) in [4.78, 5) is 12.1. The van der Waals surface area contributed by atoms with Gasteiger partial charge in [-0.2, -0.15) is 0 Å². The highest BCUT2D eigenvalue weighted by Gasteiger charge is 2.30. The van der Waals surface area contributed by atoms with Gasteiger partial charge in [-0.25, -0.2) is 8.42 Å². The quantitative estimate of drug-likeness (QED) is 0.770. The van der Waals surface area contributed by atoms with E-state index in [0.29, 0.717) is 37.4 Å². The molecule has 1 aromatic carbocycles. The molecule has 0 bridgehead atoms. The van der Waals surface area contributed by atoms with Crippen molar-refractivity contribution in [1.82, 2.24) is 0 Å². The zero-order chi connectivity index (χ0) is 14.6. The Morgan fingerprint density at radius 2 is 1.85 bits per heavy atom. The van der Waals surface area contributed by atoms with Crippen molar-refractivity contribution in [1.29, 1.82) is 0 Å². The van der Waals surface area contributed by atoms with E-state index in [2.05, 4.69) is 0 Å². The Labute approximate surface area is 118 Å². The van der Waals surface area contributed by atoms with E-state index < -0.39 is 20.8 Å². The number of benzene rings is 1. The maximum absolute atomic E-state index is 12.2. The Kier molecular flexibility index (Phi) is 4.77. The van der Waals surface area contributed by atoms with E-state index in [1.165, 1.54) is 7.11 Å². The molecule has 0 N–H and O–H groups in total. The van der Waals surface area contributed by atoms with Crippen LogP contribution in [0.2, 0.25) is 0 Å². The number of hydrogen-bond donors (Lipinski definition) is 0. The highest BCUT2D eigenvalue weighted by Crippen LogP contribution is 2.18. The molecule has 1 fully saturated rings. The van der Waals surface area contributed by atoms with Crippen LogP contribution in [0.5, 0.6) is 5.75 Å². The fourth-order valence-corrected chi connectivity index (χ4v) is 3.87. The lowest BCUT2D eigenvalue weighted by atomic mass is 10.1. The van der Waals surface area contributed by atoms with Gasteiger partial charge >= 0.3 is 0 Å². The molecule has 1 saturated heterocycles. The van der Waals surface area contributed by atoms with E-state index in [1.54, 1.807) is 24.3 Å². The lowest BCUT2D eigenvalue weighted by Crippen LogP contribution is -2.33. The summed E-state index contributed by atoms with van der Waals surface area (Å²) in [6.45, 7) is 0.890. The number of ether oxygens (including phenoxy) is 2. The van der Waals surface area contributed by atoms with Gasteiger partial charge in [0.25, 0.3) is 0 Å². The summed E-state index contributed by atoms with van der Waals surface area (Å²) in [7, 11) is -1.87. The molecule has 0 spiro atoms. The average Bonchev–Trinajstić information content (AvgIpc) is 2.48. The van der Waals surface area contributed by atoms with Crippen molar-refractivity contribution in [3.8, 4) is 5.75 Å². The van der Waals surface area contributed by atoms with Crippen LogP contribution < -0.4 is 4.74 Å². The number of methoxy groups -OCH3 is 1. The first-order chi connectivity index (χ1) is 9.53. The van der Waals surface area contributed by atoms with Gasteiger partial charge < -0.3 is 9.47 Å². The van der Waals surface area contributed by atoms with Crippen LogP contribution in [0.25, 0.3) is 0 Å². The smallest absolute Gasteiger partial charge is 0.177 e. The number of ketones is 1. The molecule has 5 nitrogen and oxygen atoms in total. The summed E-state index contributed by atoms with van der Waals surface area (Å²) in [6.07, 6.45) is 0.941. The third-order valence-electron chi connectivity index (χ3n) is 3.42. The Hall–Kier alpha value is -1.40. The molecule has 1 aliphatic heterocycles. The molecule has 6 heteroatoms. The van der Waals surface area contributed by atoms with Crippen LogP contribution in [0.15, 0.2) is 24.3 Å². The van der Waals surface area contributed by atoms with Crippen molar-refractivity contribution in [3.05, 3.63) is 29.8 Å². The van der Waals surface area contributed by atoms with Crippen LogP contribution in [-0.2, 0) is 14.6 Å². The van der Waals surface area contributed by atoms with E-state index in [-0.39, 0.29) is 5.78 Å². The molecular formula is C14H18O5S. The van der Waals surface area contributed by atoms with Gasteiger partial charge in [-0.15, -0.1) is 0 Å². The number of carbonyl (C=O) groups is 1. The minimum atomic E-state index is -3.41. The highest BCUT2D eigenvalue weighted by molar-refractivity contribution is 7.92. The van der Waals surface area contributed by atoms with Crippen molar-refractivity contribution < 1.29 is 22.7 Å². The molecule has 0 aliphatic carbocycles. The Balaban J connectivity index is 2.05. The summed E-state index contributed by atoms with van der Waals surface area (Å²) in [5.41, 5.74) is 0.390. The number of Topliss-reactive ketones (excluding diaryl/α,β-unsaturated/α-hetero) is 1. The van der Waals surface area contributed by atoms with Crippen molar-refractivity contribution in [2.75, 3.05) is 26.1 Å². The molecule has 0 radical (unpaired) electrons. The minimum absolute atomic E-state index is 0.376. The fourth-order valence-electron chi connectivity index (χ4n) is 2.20. The Bertz CT molecular complexity index is 556. The van der Waals surface area contributed by atoms with E-state index in [0.717, 1.165) is 0 Å². The lowest BCUT2D eigenvalue weighted by molar-refractivity contribution is 0.0971. The molecule has 0 saturated carbocycles. The van der Waals surface area contributed by atoms with Crippen molar-refractivity contribution >= 4 is 15.6 Å². The van der Waals surface area contributed by atoms with E-state index in [9.17, 15) is 13.2 Å². The first-order valence-corrected chi connectivity index (χ1v) is 8.21. The van der Waals surface area contributed by atoms with Gasteiger partial charge in [-0.1, -0.05) is 0 Å². The monoisotopic (exact) mass is 298 g/mol. The zero-order valence-electron chi connectivity index (χ0n) is 11.4. The highest BCUT2D eigenvalue weighted by atomic mass is 32.2. The molecule has 1 aromatic rings. The maximum Gasteiger partial charge on any atom is 0.177 e. The van der Waals surface area contributed by atoms with E-state index in [4.69, 9.17) is 9.47 Å². The standard InChI is InChI=1S/C14H18O5S/c1-18-12-4-2-11(3-5-12)14(15)10-20(16,17)13-6-8-19-9-7-13/h2-5,13H,6-10H2,1H3. The molecule has 0 unspecified atom stereocenters. The first-order valence-electron chi connectivity index (χ1n) is 6.49. The second-order valence-electron chi connectivity index (χ2n) is 4.77. The number of rotatable bonds is 5. The predicted octanol–water partition coefficient (Wildman–Crippen LogP) is 1.47. The predicted molar refractivity (Wildman–Crippen MR) is 75.0 cm³/mol. The normalized spacial score (nSPS) is 16.9. The molecule has 1 heterocycles. The number of sulfone groups is 1. The van der Waals surface area contributed by atoms with Gasteiger partial charge in [0.1, 0.15) is 11.5 Å². The van der Waals surface area contributed by atoms with Crippen molar-refractivity contribution in [2.24, 2.45) is 0 Å². The summed E-state index contributed by atoms with van der Waals surface area (Å²) >= 11 is 0.